The molecule has 1 aromatic carbocycles. The second kappa shape index (κ2) is 4.93. The molecular formula is C15H12N2O4S. The topological polar surface area (TPSA) is 83.6 Å². The summed E-state index contributed by atoms with van der Waals surface area (Å²) in [5.41, 5.74) is 1.17. The second-order valence-corrected chi connectivity index (χ2v) is 6.51. The molecule has 0 saturated heterocycles. The van der Waals surface area contributed by atoms with Gasteiger partial charge in [-0.2, -0.15) is 0 Å². The fourth-order valence-electron chi connectivity index (χ4n) is 2.36. The van der Waals surface area contributed by atoms with E-state index >= 15 is 0 Å². The van der Waals surface area contributed by atoms with E-state index < -0.39 is 15.8 Å². The van der Waals surface area contributed by atoms with Crippen LogP contribution in [-0.4, -0.2) is 25.1 Å². The van der Waals surface area contributed by atoms with Crippen LogP contribution in [0.4, 0.5) is 5.88 Å². The molecule has 0 unspecified atom stereocenters. The van der Waals surface area contributed by atoms with Crippen LogP contribution in [-0.2, 0) is 10.0 Å². The quantitative estimate of drug-likeness (QED) is 0.858. The number of oxazole rings is 1. The Balaban J connectivity index is 2.36. The van der Waals surface area contributed by atoms with Crippen molar-refractivity contribution in [2.24, 2.45) is 0 Å². The molecule has 0 atom stereocenters. The lowest BCUT2D eigenvalue weighted by molar-refractivity contribution is 0.506. The molecule has 0 aliphatic carbocycles. The number of hydrogen-bond acceptors (Lipinski definition) is 5. The van der Waals surface area contributed by atoms with Crippen LogP contribution in [0.1, 0.15) is 16.8 Å². The molecule has 1 aliphatic heterocycles. The number of fused-ring (bicyclic) bond motifs is 1. The van der Waals surface area contributed by atoms with Crippen molar-refractivity contribution in [3.05, 3.63) is 47.5 Å². The number of aryl methyl sites for hydroxylation is 1. The molecule has 6 nitrogen and oxygen atoms in total. The molecule has 0 bridgehead atoms. The summed E-state index contributed by atoms with van der Waals surface area (Å²) in [5, 5.41) is 10.4. The number of hydrogen-bond donors (Lipinski definition) is 1. The molecule has 1 aromatic heterocycles. The van der Waals surface area contributed by atoms with Crippen LogP contribution in [0.2, 0.25) is 0 Å². The maximum Gasteiger partial charge on any atom is 0.271 e. The number of rotatable bonds is 2. The van der Waals surface area contributed by atoms with Gasteiger partial charge in [0.05, 0.1) is 6.54 Å². The molecule has 0 spiro atoms. The van der Waals surface area contributed by atoms with Crippen LogP contribution in [0.5, 0.6) is 0 Å². The number of terminal acetylenes is 1. The number of benzene rings is 1. The van der Waals surface area contributed by atoms with Gasteiger partial charge in [-0.05, 0) is 12.5 Å². The summed E-state index contributed by atoms with van der Waals surface area (Å²) in [4.78, 5) is 3.67. The minimum Gasteiger partial charge on any atom is -0.504 e. The zero-order valence-corrected chi connectivity index (χ0v) is 12.5. The van der Waals surface area contributed by atoms with Crippen molar-refractivity contribution in [1.29, 1.82) is 0 Å². The predicted octanol–water partition coefficient (Wildman–Crippen LogP) is 2.15. The summed E-state index contributed by atoms with van der Waals surface area (Å²) in [6.07, 6.45) is 6.33. The normalized spacial score (nSPS) is 16.3. The van der Waals surface area contributed by atoms with Crippen molar-refractivity contribution in [2.75, 3.05) is 10.8 Å². The molecule has 22 heavy (non-hydrogen) atoms. The van der Waals surface area contributed by atoms with E-state index in [4.69, 9.17) is 10.8 Å². The smallest absolute Gasteiger partial charge is 0.271 e. The number of aromatic nitrogens is 1. The third-order valence-electron chi connectivity index (χ3n) is 3.39. The van der Waals surface area contributed by atoms with Crippen LogP contribution in [0.25, 0.3) is 10.7 Å². The van der Waals surface area contributed by atoms with Crippen molar-refractivity contribution in [3.8, 4) is 12.3 Å². The van der Waals surface area contributed by atoms with E-state index in [0.717, 1.165) is 10.7 Å². The Morgan fingerprint density at radius 2 is 2.14 bits per heavy atom. The molecular weight excluding hydrogens is 304 g/mol. The Hall–Kier alpha value is -2.72. The zero-order valence-electron chi connectivity index (χ0n) is 11.6. The molecule has 0 amide bonds. The Labute approximate surface area is 127 Å². The highest BCUT2D eigenvalue weighted by Gasteiger charge is 2.41. The van der Waals surface area contributed by atoms with Crippen LogP contribution in [0.15, 0.2) is 35.1 Å². The molecule has 7 heteroatoms. The average molecular weight is 316 g/mol. The monoisotopic (exact) mass is 316 g/mol. The zero-order chi connectivity index (χ0) is 15.9. The molecule has 3 rings (SSSR count). The fourth-order valence-corrected chi connectivity index (χ4v) is 4.02. The summed E-state index contributed by atoms with van der Waals surface area (Å²) in [6.45, 7) is 1.54. The summed E-state index contributed by atoms with van der Waals surface area (Å²) in [5.74, 6) is 1.77. The first-order valence-corrected chi connectivity index (χ1v) is 7.81. The van der Waals surface area contributed by atoms with Gasteiger partial charge in [0.25, 0.3) is 10.0 Å². The third kappa shape index (κ3) is 1.89. The van der Waals surface area contributed by atoms with Gasteiger partial charge >= 0.3 is 0 Å². The minimum absolute atomic E-state index is 0.0586. The van der Waals surface area contributed by atoms with Crippen molar-refractivity contribution >= 4 is 26.6 Å². The van der Waals surface area contributed by atoms with Crippen molar-refractivity contribution < 1.29 is 17.9 Å². The van der Waals surface area contributed by atoms with Crippen LogP contribution < -0.4 is 4.31 Å². The fraction of sp³-hybridized carbons (Fsp3) is 0.133. The van der Waals surface area contributed by atoms with Gasteiger partial charge in [-0.3, -0.25) is 0 Å². The lowest BCUT2D eigenvalue weighted by Crippen LogP contribution is -2.35. The van der Waals surface area contributed by atoms with E-state index in [2.05, 4.69) is 10.9 Å². The highest BCUT2D eigenvalue weighted by molar-refractivity contribution is 8.02. The highest BCUT2D eigenvalue weighted by Crippen LogP contribution is 2.42. The first-order valence-electron chi connectivity index (χ1n) is 6.37. The first-order chi connectivity index (χ1) is 10.5. The van der Waals surface area contributed by atoms with Gasteiger partial charge in [-0.25, -0.2) is 17.7 Å². The van der Waals surface area contributed by atoms with E-state index in [1.807, 2.05) is 0 Å². The Kier molecular flexibility index (Phi) is 3.19. The van der Waals surface area contributed by atoms with Gasteiger partial charge in [-0.15, -0.1) is 6.42 Å². The van der Waals surface area contributed by atoms with Gasteiger partial charge < -0.3 is 9.52 Å². The van der Waals surface area contributed by atoms with E-state index in [1.165, 1.54) is 0 Å². The average Bonchev–Trinajstić information content (AvgIpc) is 2.95. The first kappa shape index (κ1) is 14.2. The van der Waals surface area contributed by atoms with Gasteiger partial charge in [0, 0.05) is 5.56 Å². The number of aliphatic hydroxyl groups excluding tert-OH is 1. The molecule has 0 saturated carbocycles. The number of sulfonamides is 1. The summed E-state index contributed by atoms with van der Waals surface area (Å²) in [7, 11) is -4.05. The maximum atomic E-state index is 12.9. The number of nitrogens with zero attached hydrogens (tertiary/aromatic N) is 2. The van der Waals surface area contributed by atoms with Crippen molar-refractivity contribution in [1.82, 2.24) is 4.98 Å². The van der Waals surface area contributed by atoms with E-state index in [9.17, 15) is 13.5 Å². The Morgan fingerprint density at radius 1 is 1.41 bits per heavy atom. The highest BCUT2D eigenvalue weighted by atomic mass is 32.2. The van der Waals surface area contributed by atoms with Gasteiger partial charge in [0.15, 0.2) is 17.8 Å². The molecule has 0 fully saturated rings. The summed E-state index contributed by atoms with van der Waals surface area (Å²) >= 11 is 0. The minimum atomic E-state index is -4.05. The molecule has 2 heterocycles. The van der Waals surface area contributed by atoms with E-state index in [1.54, 1.807) is 31.2 Å². The summed E-state index contributed by atoms with van der Waals surface area (Å²) < 4.78 is 31.7. The van der Waals surface area contributed by atoms with Crippen molar-refractivity contribution in [2.45, 2.75) is 6.92 Å². The molecule has 1 aliphatic rings. The summed E-state index contributed by atoms with van der Waals surface area (Å²) in [6, 6.07) is 6.86. The molecule has 112 valence electrons. The van der Waals surface area contributed by atoms with E-state index in [-0.39, 0.29) is 23.0 Å². The maximum absolute atomic E-state index is 12.9. The second-order valence-electron chi connectivity index (χ2n) is 4.71. The number of aliphatic hydroxyl groups is 1. The molecule has 0 radical (unpaired) electrons. The number of anilines is 1. The lowest BCUT2D eigenvalue weighted by atomic mass is 10.1. The molecule has 2 aromatic rings. The van der Waals surface area contributed by atoms with Crippen molar-refractivity contribution in [3.63, 3.8) is 0 Å². The van der Waals surface area contributed by atoms with Crippen LogP contribution >= 0.6 is 0 Å². The predicted molar refractivity (Wildman–Crippen MR) is 82.2 cm³/mol. The van der Waals surface area contributed by atoms with Crippen LogP contribution in [0, 0.1) is 19.3 Å². The van der Waals surface area contributed by atoms with Gasteiger partial charge in [-0.1, -0.05) is 30.2 Å². The van der Waals surface area contributed by atoms with Gasteiger partial charge in [0.2, 0.25) is 5.88 Å². The third-order valence-corrected chi connectivity index (χ3v) is 5.19. The standard InChI is InChI=1S/C15H12N2O4S/c1-3-8-17-15-12(16-9-21-15)13(18)14(22(17,19)20)11-7-5-4-6-10(11)2/h1,4-7,9,18H,8H2,2H3. The SMILES string of the molecule is C#CCN1c2ocnc2C(O)=C(c2ccccc2C)S1(=O)=O. The largest absolute Gasteiger partial charge is 0.504 e. The Morgan fingerprint density at radius 3 is 2.82 bits per heavy atom. The van der Waals surface area contributed by atoms with E-state index in [0.29, 0.717) is 11.1 Å². The molecule has 1 N–H and O–H groups in total. The Bertz CT molecular complexity index is 919. The van der Waals surface area contributed by atoms with Crippen LogP contribution in [0.3, 0.4) is 0 Å². The van der Waals surface area contributed by atoms with Gasteiger partial charge in [0.1, 0.15) is 4.91 Å². The lowest BCUT2D eigenvalue weighted by Gasteiger charge is -2.26.